The van der Waals surface area contributed by atoms with Gasteiger partial charge in [0, 0.05) is 0 Å². The van der Waals surface area contributed by atoms with E-state index in [-0.39, 0.29) is 43.3 Å². The molecule has 0 saturated carbocycles. The summed E-state index contributed by atoms with van der Waals surface area (Å²) in [6, 6.07) is 0. The number of halogens is 3. The zero-order valence-corrected chi connectivity index (χ0v) is 34.5. The van der Waals surface area contributed by atoms with Crippen LogP contribution in [0, 0.1) is 0 Å². The molecule has 0 unspecified atom stereocenters. The summed E-state index contributed by atoms with van der Waals surface area (Å²) < 4.78 is 31.8. The average Bonchev–Trinajstić information content (AvgIpc) is 3.86. The quantitative estimate of drug-likeness (QED) is 0.0589. The summed E-state index contributed by atoms with van der Waals surface area (Å²) in [5.74, 6) is 0. The Balaban J connectivity index is 0.00000833. The van der Waals surface area contributed by atoms with Gasteiger partial charge in [0.1, 0.15) is 43.3 Å². The normalized spacial score (nSPS) is 11.1. The second-order valence-electron chi connectivity index (χ2n) is 13.7. The molecule has 3 heterocycles. The van der Waals surface area contributed by atoms with Gasteiger partial charge in [-0.2, -0.15) is 0 Å². The molecule has 0 saturated heterocycles. The van der Waals surface area contributed by atoms with E-state index in [9.17, 15) is 0 Å². The lowest BCUT2D eigenvalue weighted by Crippen LogP contribution is -3.00. The largest absolute Gasteiger partial charge is 1.00 e. The maximum Gasteiger partial charge on any atom is 0.245 e. The number of ether oxygens (including phenoxy) is 3. The van der Waals surface area contributed by atoms with Crippen molar-refractivity contribution in [3.63, 3.8) is 0 Å². The zero-order valence-electron chi connectivity index (χ0n) is 32.2. The lowest BCUT2D eigenvalue weighted by atomic mass is 10.1. The Morgan fingerprint density at radius 3 is 1.10 bits per heavy atom. The first-order chi connectivity index (χ1) is 23.7. The summed E-state index contributed by atoms with van der Waals surface area (Å²) in [7, 11) is 0. The molecular formula is C39H71Cl3N6O3. The number of rotatable bonds is 32. The summed E-state index contributed by atoms with van der Waals surface area (Å²) in [4.78, 5) is 0. The first-order valence-electron chi connectivity index (χ1n) is 19.6. The predicted octanol–water partition coefficient (Wildman–Crippen LogP) is -1.26. The van der Waals surface area contributed by atoms with E-state index in [1.54, 1.807) is 0 Å². The second kappa shape index (κ2) is 33.0. The van der Waals surface area contributed by atoms with Crippen LogP contribution in [0.3, 0.4) is 0 Å². The molecule has 3 aromatic heterocycles. The van der Waals surface area contributed by atoms with Crippen molar-refractivity contribution in [3.8, 4) is 0 Å². The zero-order chi connectivity index (χ0) is 33.9. The van der Waals surface area contributed by atoms with Crippen molar-refractivity contribution in [2.75, 3.05) is 13.2 Å². The van der Waals surface area contributed by atoms with Crippen LogP contribution in [0.4, 0.5) is 0 Å². The minimum atomic E-state index is -0.170. The van der Waals surface area contributed by atoms with Crippen molar-refractivity contribution in [2.45, 2.75) is 182 Å². The molecule has 0 aliphatic heterocycles. The van der Waals surface area contributed by atoms with E-state index in [4.69, 9.17) is 14.2 Å². The summed E-state index contributed by atoms with van der Waals surface area (Å²) in [5.41, 5.74) is 0. The molecule has 0 atom stereocenters. The van der Waals surface area contributed by atoms with Crippen molar-refractivity contribution < 1.29 is 65.1 Å². The van der Waals surface area contributed by atoms with Gasteiger partial charge in [0.15, 0.2) is 20.2 Å². The first kappa shape index (κ1) is 49.4. The van der Waals surface area contributed by atoms with Gasteiger partial charge < -0.3 is 51.4 Å². The Morgan fingerprint density at radius 2 is 0.745 bits per heavy atom. The summed E-state index contributed by atoms with van der Waals surface area (Å²) in [6.45, 7) is 12.4. The van der Waals surface area contributed by atoms with Crippen molar-refractivity contribution in [1.82, 2.24) is 13.7 Å². The van der Waals surface area contributed by atoms with E-state index in [1.807, 2.05) is 0 Å². The molecule has 0 bridgehead atoms. The topological polar surface area (TPSA) is 54.1 Å². The lowest BCUT2D eigenvalue weighted by molar-refractivity contribution is -0.742. The van der Waals surface area contributed by atoms with Gasteiger partial charge in [-0.3, -0.25) is 0 Å². The summed E-state index contributed by atoms with van der Waals surface area (Å²) >= 11 is 0. The van der Waals surface area contributed by atoms with Crippen molar-refractivity contribution in [1.29, 1.82) is 0 Å². The predicted molar refractivity (Wildman–Crippen MR) is 191 cm³/mol. The molecule has 3 aromatic rings. The van der Waals surface area contributed by atoms with Crippen LogP contribution >= 0.6 is 0 Å². The van der Waals surface area contributed by atoms with Gasteiger partial charge in [-0.15, -0.1) is 0 Å². The van der Waals surface area contributed by atoms with Crippen LogP contribution in [-0.2, 0) is 54.0 Å². The van der Waals surface area contributed by atoms with Gasteiger partial charge in [-0.05, 0) is 38.5 Å². The molecule has 0 radical (unpaired) electrons. The SMILES string of the molecule is CCCCCCCCn1cc[n+](COCC(COC[n+]2ccn(CCCCCCCC)c2)OC[n+]2ccn(CCCCCCCC)c2)c1.[Cl-].[Cl-].[Cl-]. The van der Waals surface area contributed by atoms with Crippen molar-refractivity contribution >= 4 is 0 Å². The second-order valence-corrected chi connectivity index (χ2v) is 13.7. The molecular weight excluding hydrogens is 707 g/mol. The highest BCUT2D eigenvalue weighted by molar-refractivity contribution is 4.68. The van der Waals surface area contributed by atoms with E-state index in [1.165, 1.54) is 116 Å². The van der Waals surface area contributed by atoms with Gasteiger partial charge in [0.25, 0.3) is 0 Å². The van der Waals surface area contributed by atoms with E-state index >= 15 is 0 Å². The maximum absolute atomic E-state index is 6.36. The number of unbranched alkanes of at least 4 members (excludes halogenated alkanes) is 15. The minimum absolute atomic E-state index is 0. The van der Waals surface area contributed by atoms with Gasteiger partial charge in [0.05, 0.1) is 32.8 Å². The summed E-state index contributed by atoms with van der Waals surface area (Å²) in [6.07, 6.45) is 42.6. The molecule has 0 aliphatic carbocycles. The molecule has 0 aliphatic rings. The van der Waals surface area contributed by atoms with Crippen LogP contribution in [0.2, 0.25) is 0 Å². The Hall–Kier alpha value is -1.62. The lowest BCUT2D eigenvalue weighted by Gasteiger charge is -2.16. The molecule has 0 aromatic carbocycles. The van der Waals surface area contributed by atoms with Crippen LogP contribution < -0.4 is 50.9 Å². The molecule has 51 heavy (non-hydrogen) atoms. The number of hydrogen-bond donors (Lipinski definition) is 0. The van der Waals surface area contributed by atoms with Gasteiger partial charge >= 0.3 is 0 Å². The number of hydrogen-bond acceptors (Lipinski definition) is 3. The molecule has 0 amide bonds. The van der Waals surface area contributed by atoms with E-state index in [0.717, 1.165) is 19.6 Å². The van der Waals surface area contributed by atoms with Crippen molar-refractivity contribution in [2.24, 2.45) is 0 Å². The van der Waals surface area contributed by atoms with Gasteiger partial charge in [-0.1, -0.05) is 97.8 Å². The smallest absolute Gasteiger partial charge is 0.245 e. The monoisotopic (exact) mass is 776 g/mol. The fourth-order valence-corrected chi connectivity index (χ4v) is 6.08. The Bertz CT molecular complexity index is 1110. The number of aryl methyl sites for hydroxylation is 3. The van der Waals surface area contributed by atoms with Crippen LogP contribution in [0.1, 0.15) is 136 Å². The number of nitrogens with zero attached hydrogens (tertiary/aromatic N) is 6. The Labute approximate surface area is 329 Å². The fourth-order valence-electron chi connectivity index (χ4n) is 6.08. The molecule has 9 nitrogen and oxygen atoms in total. The van der Waals surface area contributed by atoms with E-state index in [2.05, 4.69) is 104 Å². The fraction of sp³-hybridized carbons (Fsp3) is 0.769. The standard InChI is InChI=1S/C39H71N6O3.3ClH/c1-4-7-10-13-16-19-22-40-25-28-43(33-40)36-46-31-39(48-38-45-30-27-42(35-45)24-21-18-15-12-9-6-3)32-47-37-44-29-26-41(34-44)23-20-17-14-11-8-5-2;;;/h25-30,33-35,39H,4-24,31-32,36-38H2,1-3H3;3*1H/q+3;;;/p-3. The molecule has 3 rings (SSSR count). The molecule has 12 heteroatoms. The van der Waals surface area contributed by atoms with Crippen LogP contribution in [-0.4, -0.2) is 33.0 Å². The van der Waals surface area contributed by atoms with Crippen LogP contribution in [0.25, 0.3) is 0 Å². The number of imidazole rings is 3. The molecule has 0 spiro atoms. The van der Waals surface area contributed by atoms with E-state index in [0.29, 0.717) is 33.4 Å². The highest BCUT2D eigenvalue weighted by atomic mass is 35.5. The average molecular weight is 778 g/mol. The number of aromatic nitrogens is 6. The third-order valence-electron chi connectivity index (χ3n) is 9.10. The highest BCUT2D eigenvalue weighted by Crippen LogP contribution is 2.08. The van der Waals surface area contributed by atoms with Crippen molar-refractivity contribution in [3.05, 3.63) is 56.2 Å². The highest BCUT2D eigenvalue weighted by Gasteiger charge is 2.15. The first-order valence-corrected chi connectivity index (χ1v) is 19.6. The molecule has 0 N–H and O–H groups in total. The van der Waals surface area contributed by atoms with Crippen LogP contribution in [0.15, 0.2) is 56.2 Å². The van der Waals surface area contributed by atoms with Gasteiger partial charge in [0.2, 0.25) is 19.0 Å². The molecule has 296 valence electrons. The minimum Gasteiger partial charge on any atom is -1.00 e. The molecule has 0 fully saturated rings. The van der Waals surface area contributed by atoms with Gasteiger partial charge in [-0.25, -0.2) is 27.4 Å². The third-order valence-corrected chi connectivity index (χ3v) is 9.10. The Kier molecular flexibility index (Phi) is 31.9. The summed E-state index contributed by atoms with van der Waals surface area (Å²) in [5, 5.41) is 0. The Morgan fingerprint density at radius 1 is 0.431 bits per heavy atom. The maximum atomic E-state index is 6.36. The third kappa shape index (κ3) is 23.6. The van der Waals surface area contributed by atoms with Crippen LogP contribution in [0.5, 0.6) is 0 Å². The van der Waals surface area contributed by atoms with E-state index < -0.39 is 0 Å².